The lowest BCUT2D eigenvalue weighted by atomic mass is 10.2. The molecule has 1 aromatic rings. The first kappa shape index (κ1) is 10.2. The Balaban J connectivity index is 2.18. The first-order chi connectivity index (χ1) is 7.31. The zero-order valence-corrected chi connectivity index (χ0v) is 9.42. The molecule has 0 amide bonds. The number of anilines is 1. The van der Waals surface area contributed by atoms with Crippen LogP contribution < -0.4 is 9.64 Å². The largest absolute Gasteiger partial charge is 0.490 e. The van der Waals surface area contributed by atoms with Crippen molar-refractivity contribution in [1.82, 2.24) is 0 Å². The summed E-state index contributed by atoms with van der Waals surface area (Å²) in [6.45, 7) is 2.19. The van der Waals surface area contributed by atoms with Gasteiger partial charge < -0.3 is 14.4 Å². The molecule has 0 atom stereocenters. The van der Waals surface area contributed by atoms with Gasteiger partial charge in [0, 0.05) is 0 Å². The molecule has 0 saturated heterocycles. The summed E-state index contributed by atoms with van der Waals surface area (Å²) in [5.41, 5.74) is 1.09. The van der Waals surface area contributed by atoms with E-state index in [0.29, 0.717) is 18.2 Å². The first-order valence-electron chi connectivity index (χ1n) is 4.85. The van der Waals surface area contributed by atoms with Crippen LogP contribution in [0.5, 0.6) is 5.75 Å². The number of nitrogens with zero attached hydrogens (tertiary/aromatic N) is 1. The molecule has 0 aromatic heterocycles. The third kappa shape index (κ3) is 2.21. The summed E-state index contributed by atoms with van der Waals surface area (Å²) in [6.07, 6.45) is 0. The summed E-state index contributed by atoms with van der Waals surface area (Å²) < 4.78 is 10.6. The van der Waals surface area contributed by atoms with Gasteiger partial charge in [0.1, 0.15) is 12.4 Å². The molecule has 0 unspecified atom stereocenters. The van der Waals surface area contributed by atoms with Crippen LogP contribution in [-0.2, 0) is 4.74 Å². The number of rotatable bonds is 2. The monoisotopic (exact) mass is 223 g/mol. The Kier molecular flexibility index (Phi) is 3.06. The number of hydrogen-bond donors (Lipinski definition) is 0. The summed E-state index contributed by atoms with van der Waals surface area (Å²) in [7, 11) is 1.61. The number of benzene rings is 1. The maximum Gasteiger partial charge on any atom is 0.178 e. The quantitative estimate of drug-likeness (QED) is 0.713. The van der Waals surface area contributed by atoms with Crippen molar-refractivity contribution in [2.45, 2.75) is 0 Å². The van der Waals surface area contributed by atoms with Crippen molar-refractivity contribution in [3.05, 3.63) is 24.3 Å². The van der Waals surface area contributed by atoms with E-state index in [-0.39, 0.29) is 0 Å². The molecule has 1 aliphatic heterocycles. The maximum atomic E-state index is 5.54. The van der Waals surface area contributed by atoms with Gasteiger partial charge in [-0.15, -0.1) is 0 Å². The van der Waals surface area contributed by atoms with Crippen LogP contribution in [0.3, 0.4) is 0 Å². The molecule has 0 N–H and O–H groups in total. The van der Waals surface area contributed by atoms with Crippen LogP contribution in [0.1, 0.15) is 0 Å². The van der Waals surface area contributed by atoms with Gasteiger partial charge in [-0.2, -0.15) is 0 Å². The number of fused-ring (bicyclic) bond motifs is 1. The van der Waals surface area contributed by atoms with Gasteiger partial charge in [-0.1, -0.05) is 12.1 Å². The van der Waals surface area contributed by atoms with Crippen LogP contribution in [0.2, 0.25) is 0 Å². The lowest BCUT2D eigenvalue weighted by molar-refractivity contribution is 0.308. The van der Waals surface area contributed by atoms with E-state index in [1.54, 1.807) is 7.11 Å². The number of thiocarbonyl (C=S) groups is 1. The van der Waals surface area contributed by atoms with Gasteiger partial charge in [0.25, 0.3) is 0 Å². The molecule has 0 saturated carbocycles. The second kappa shape index (κ2) is 4.49. The molecule has 0 bridgehead atoms. The summed E-state index contributed by atoms with van der Waals surface area (Å²) in [6, 6.07) is 7.97. The van der Waals surface area contributed by atoms with Crippen LogP contribution in [0.25, 0.3) is 0 Å². The Morgan fingerprint density at radius 1 is 1.53 bits per heavy atom. The Bertz CT molecular complexity index is 367. The lowest BCUT2D eigenvalue weighted by Gasteiger charge is -2.30. The van der Waals surface area contributed by atoms with Gasteiger partial charge in [-0.25, -0.2) is 0 Å². The SMILES string of the molecule is COC(=S)CN1CCOc2ccccc21. The average molecular weight is 223 g/mol. The normalized spacial score (nSPS) is 14.1. The fraction of sp³-hybridized carbons (Fsp3) is 0.364. The van der Waals surface area contributed by atoms with E-state index in [4.69, 9.17) is 21.7 Å². The van der Waals surface area contributed by atoms with Crippen molar-refractivity contribution in [1.29, 1.82) is 0 Å². The van der Waals surface area contributed by atoms with Crippen LogP contribution >= 0.6 is 12.2 Å². The highest BCUT2D eigenvalue weighted by Crippen LogP contribution is 2.30. The maximum absolute atomic E-state index is 5.54. The molecule has 0 spiro atoms. The average Bonchev–Trinajstić information content (AvgIpc) is 2.29. The highest BCUT2D eigenvalue weighted by Gasteiger charge is 2.18. The van der Waals surface area contributed by atoms with Gasteiger partial charge in [-0.05, 0) is 24.4 Å². The molecule has 1 aromatic carbocycles. The third-order valence-corrected chi connectivity index (χ3v) is 2.67. The number of hydrogen-bond acceptors (Lipinski definition) is 4. The van der Waals surface area contributed by atoms with E-state index in [2.05, 4.69) is 4.90 Å². The van der Waals surface area contributed by atoms with Crippen LogP contribution in [-0.4, -0.2) is 31.9 Å². The Hall–Kier alpha value is -1.29. The summed E-state index contributed by atoms with van der Waals surface area (Å²) >= 11 is 5.06. The molecular weight excluding hydrogens is 210 g/mol. The molecule has 0 radical (unpaired) electrons. The lowest BCUT2D eigenvalue weighted by Crippen LogP contribution is -2.36. The second-order valence-corrected chi connectivity index (χ2v) is 3.77. The molecule has 4 heteroatoms. The van der Waals surface area contributed by atoms with E-state index < -0.39 is 0 Å². The van der Waals surface area contributed by atoms with E-state index in [1.165, 1.54) is 0 Å². The minimum Gasteiger partial charge on any atom is -0.490 e. The van der Waals surface area contributed by atoms with Gasteiger partial charge in [0.05, 0.1) is 25.9 Å². The van der Waals surface area contributed by atoms with Crippen molar-refractivity contribution in [2.24, 2.45) is 0 Å². The predicted molar refractivity (Wildman–Crippen MR) is 63.8 cm³/mol. The second-order valence-electron chi connectivity index (χ2n) is 3.31. The van der Waals surface area contributed by atoms with Crippen molar-refractivity contribution in [2.75, 3.05) is 31.7 Å². The third-order valence-electron chi connectivity index (χ3n) is 2.37. The topological polar surface area (TPSA) is 21.7 Å². The molecule has 0 fully saturated rings. The molecule has 3 nitrogen and oxygen atoms in total. The Morgan fingerprint density at radius 2 is 2.33 bits per heavy atom. The highest BCUT2D eigenvalue weighted by molar-refractivity contribution is 7.80. The standard InChI is InChI=1S/C11H13NO2S/c1-13-11(15)8-12-6-7-14-10-5-3-2-4-9(10)12/h2-5H,6-8H2,1H3. The predicted octanol–water partition coefficient (Wildman–Crippen LogP) is 1.86. The summed E-state index contributed by atoms with van der Waals surface area (Å²) in [5, 5.41) is 0.603. The fourth-order valence-electron chi connectivity index (χ4n) is 1.61. The zero-order chi connectivity index (χ0) is 10.7. The first-order valence-corrected chi connectivity index (χ1v) is 5.25. The molecule has 0 aliphatic carbocycles. The molecule has 1 heterocycles. The van der Waals surface area contributed by atoms with Gasteiger partial charge in [-0.3, -0.25) is 0 Å². The van der Waals surface area contributed by atoms with E-state index >= 15 is 0 Å². The fourth-order valence-corrected chi connectivity index (χ4v) is 1.77. The van der Waals surface area contributed by atoms with Gasteiger partial charge >= 0.3 is 0 Å². The summed E-state index contributed by atoms with van der Waals surface area (Å²) in [5.74, 6) is 0.919. The number of para-hydroxylation sites is 2. The Labute approximate surface area is 94.6 Å². The van der Waals surface area contributed by atoms with Crippen LogP contribution in [0, 0.1) is 0 Å². The number of methoxy groups -OCH3 is 1. The van der Waals surface area contributed by atoms with Crippen molar-refractivity contribution in [3.8, 4) is 5.75 Å². The molecule has 2 rings (SSSR count). The molecule has 80 valence electrons. The van der Waals surface area contributed by atoms with E-state index in [1.807, 2.05) is 24.3 Å². The molecule has 15 heavy (non-hydrogen) atoms. The molecule has 1 aliphatic rings. The number of ether oxygens (including phenoxy) is 2. The van der Waals surface area contributed by atoms with Crippen molar-refractivity contribution in [3.63, 3.8) is 0 Å². The van der Waals surface area contributed by atoms with Gasteiger partial charge in [0.2, 0.25) is 0 Å². The van der Waals surface area contributed by atoms with Crippen molar-refractivity contribution < 1.29 is 9.47 Å². The zero-order valence-electron chi connectivity index (χ0n) is 8.60. The van der Waals surface area contributed by atoms with Crippen LogP contribution in [0.15, 0.2) is 24.3 Å². The minimum absolute atomic E-state index is 0.603. The minimum atomic E-state index is 0.603. The van der Waals surface area contributed by atoms with Crippen LogP contribution in [0.4, 0.5) is 5.69 Å². The summed E-state index contributed by atoms with van der Waals surface area (Å²) in [4.78, 5) is 2.17. The highest BCUT2D eigenvalue weighted by atomic mass is 32.1. The molecular formula is C11H13NO2S. The van der Waals surface area contributed by atoms with Crippen molar-refractivity contribution >= 4 is 23.0 Å². The smallest absolute Gasteiger partial charge is 0.178 e. The van der Waals surface area contributed by atoms with E-state index in [0.717, 1.165) is 18.0 Å². The Morgan fingerprint density at radius 3 is 3.13 bits per heavy atom. The van der Waals surface area contributed by atoms with Gasteiger partial charge in [0.15, 0.2) is 5.05 Å². The van der Waals surface area contributed by atoms with E-state index in [9.17, 15) is 0 Å².